The predicted octanol–water partition coefficient (Wildman–Crippen LogP) is 3.08. The molecule has 2 atom stereocenters. The molecular weight excluding hydrogens is 234 g/mol. The van der Waals surface area contributed by atoms with Crippen LogP contribution in [0.2, 0.25) is 0 Å². The van der Waals surface area contributed by atoms with Gasteiger partial charge in [0, 0.05) is 12.5 Å². The van der Waals surface area contributed by atoms with Crippen molar-refractivity contribution in [2.24, 2.45) is 5.73 Å². The Labute approximate surface area is 114 Å². The van der Waals surface area contributed by atoms with Crippen molar-refractivity contribution in [1.29, 1.82) is 0 Å². The van der Waals surface area contributed by atoms with Crippen molar-refractivity contribution in [3.8, 4) is 0 Å². The zero-order chi connectivity index (χ0) is 13.8. The maximum atomic E-state index is 10.6. The van der Waals surface area contributed by atoms with Crippen LogP contribution in [0.25, 0.3) is 0 Å². The Hall–Kier alpha value is -1.64. The summed E-state index contributed by atoms with van der Waals surface area (Å²) in [5.74, 6) is -0.0685. The van der Waals surface area contributed by atoms with Crippen molar-refractivity contribution < 1.29 is 5.11 Å². The fourth-order valence-corrected chi connectivity index (χ4v) is 2.48. The Bertz CT molecular complexity index is 550. The summed E-state index contributed by atoms with van der Waals surface area (Å²) in [6.07, 6.45) is -0.562. The number of rotatable bonds is 4. The molecule has 0 aliphatic heterocycles. The Morgan fingerprint density at radius 2 is 1.79 bits per heavy atom. The van der Waals surface area contributed by atoms with E-state index in [0.29, 0.717) is 6.54 Å². The van der Waals surface area contributed by atoms with Gasteiger partial charge in [0.15, 0.2) is 0 Å². The van der Waals surface area contributed by atoms with Crippen molar-refractivity contribution in [2.45, 2.75) is 25.9 Å². The van der Waals surface area contributed by atoms with Crippen LogP contribution in [0.1, 0.15) is 34.3 Å². The van der Waals surface area contributed by atoms with Crippen LogP contribution >= 0.6 is 0 Å². The van der Waals surface area contributed by atoms with E-state index in [4.69, 9.17) is 5.73 Å². The highest BCUT2D eigenvalue weighted by atomic mass is 16.3. The largest absolute Gasteiger partial charge is 0.388 e. The second-order valence-electron chi connectivity index (χ2n) is 5.06. The van der Waals surface area contributed by atoms with Gasteiger partial charge in [-0.05, 0) is 30.5 Å². The summed E-state index contributed by atoms with van der Waals surface area (Å²) in [6, 6.07) is 16.1. The molecule has 0 aliphatic carbocycles. The molecule has 2 unspecified atom stereocenters. The van der Waals surface area contributed by atoms with Crippen LogP contribution in [0.5, 0.6) is 0 Å². The van der Waals surface area contributed by atoms with Crippen molar-refractivity contribution in [3.05, 3.63) is 70.8 Å². The van der Waals surface area contributed by atoms with Crippen LogP contribution < -0.4 is 5.73 Å². The molecule has 0 amide bonds. The molecule has 2 aromatic rings. The molecule has 2 nitrogen and oxygen atoms in total. The monoisotopic (exact) mass is 255 g/mol. The van der Waals surface area contributed by atoms with Crippen molar-refractivity contribution >= 4 is 0 Å². The normalized spacial score (nSPS) is 14.1. The Kier molecular flexibility index (Phi) is 4.35. The molecule has 0 aromatic heterocycles. The quantitative estimate of drug-likeness (QED) is 0.882. The fraction of sp³-hybridized carbons (Fsp3) is 0.294. The molecule has 0 bridgehead atoms. The zero-order valence-electron chi connectivity index (χ0n) is 11.5. The first-order valence-electron chi connectivity index (χ1n) is 6.63. The lowest BCUT2D eigenvalue weighted by Gasteiger charge is -2.24. The number of aryl methyl sites for hydroxylation is 2. The average Bonchev–Trinajstić information content (AvgIpc) is 2.40. The van der Waals surface area contributed by atoms with E-state index < -0.39 is 6.10 Å². The number of hydrogen-bond donors (Lipinski definition) is 2. The molecule has 2 aromatic carbocycles. The highest BCUT2D eigenvalue weighted by Crippen LogP contribution is 2.32. The standard InChI is InChI=1S/C17H21NO/c1-12-6-5-8-14(10-12)16(11-18)17(19)15-9-4-3-7-13(15)2/h3-10,16-17,19H,11,18H2,1-2H3. The summed E-state index contributed by atoms with van der Waals surface area (Å²) in [5, 5.41) is 10.6. The van der Waals surface area contributed by atoms with E-state index in [1.807, 2.05) is 43.3 Å². The lowest BCUT2D eigenvalue weighted by molar-refractivity contribution is 0.147. The van der Waals surface area contributed by atoms with Gasteiger partial charge in [-0.15, -0.1) is 0 Å². The highest BCUT2D eigenvalue weighted by molar-refractivity contribution is 5.33. The number of hydrogen-bond acceptors (Lipinski definition) is 2. The van der Waals surface area contributed by atoms with Crippen molar-refractivity contribution in [3.63, 3.8) is 0 Å². The molecule has 2 rings (SSSR count). The van der Waals surface area contributed by atoms with Crippen LogP contribution in [0, 0.1) is 13.8 Å². The third-order valence-electron chi connectivity index (χ3n) is 3.61. The molecule has 0 saturated carbocycles. The second-order valence-corrected chi connectivity index (χ2v) is 5.06. The minimum atomic E-state index is -0.562. The topological polar surface area (TPSA) is 46.2 Å². The van der Waals surface area contributed by atoms with Crippen LogP contribution in [-0.2, 0) is 0 Å². The lowest BCUT2D eigenvalue weighted by Crippen LogP contribution is -2.20. The van der Waals surface area contributed by atoms with Gasteiger partial charge >= 0.3 is 0 Å². The molecule has 0 aliphatic rings. The third kappa shape index (κ3) is 3.03. The van der Waals surface area contributed by atoms with E-state index in [1.54, 1.807) is 0 Å². The number of aliphatic hydroxyl groups is 1. The summed E-state index contributed by atoms with van der Waals surface area (Å²) in [6.45, 7) is 4.50. The second kappa shape index (κ2) is 6.00. The van der Waals surface area contributed by atoms with Gasteiger partial charge in [0.05, 0.1) is 6.10 Å². The van der Waals surface area contributed by atoms with E-state index in [1.165, 1.54) is 5.56 Å². The first-order chi connectivity index (χ1) is 9.13. The molecule has 3 N–H and O–H groups in total. The molecule has 2 heteroatoms. The number of aliphatic hydroxyl groups excluding tert-OH is 1. The van der Waals surface area contributed by atoms with Crippen LogP contribution in [0.15, 0.2) is 48.5 Å². The van der Waals surface area contributed by atoms with Gasteiger partial charge in [0.25, 0.3) is 0 Å². The van der Waals surface area contributed by atoms with Gasteiger partial charge in [-0.2, -0.15) is 0 Å². The minimum absolute atomic E-state index is 0.0685. The van der Waals surface area contributed by atoms with Gasteiger partial charge in [0.2, 0.25) is 0 Å². The van der Waals surface area contributed by atoms with Gasteiger partial charge in [-0.3, -0.25) is 0 Å². The Morgan fingerprint density at radius 3 is 2.42 bits per heavy atom. The van der Waals surface area contributed by atoms with E-state index >= 15 is 0 Å². The summed E-state index contributed by atoms with van der Waals surface area (Å²) >= 11 is 0. The number of nitrogens with two attached hydrogens (primary N) is 1. The fourth-order valence-electron chi connectivity index (χ4n) is 2.48. The van der Waals surface area contributed by atoms with Crippen LogP contribution in [-0.4, -0.2) is 11.7 Å². The van der Waals surface area contributed by atoms with Crippen molar-refractivity contribution in [1.82, 2.24) is 0 Å². The van der Waals surface area contributed by atoms with Gasteiger partial charge < -0.3 is 10.8 Å². The van der Waals surface area contributed by atoms with E-state index in [9.17, 15) is 5.11 Å². The summed E-state index contributed by atoms with van der Waals surface area (Å²) in [4.78, 5) is 0. The predicted molar refractivity (Wildman–Crippen MR) is 79.1 cm³/mol. The van der Waals surface area contributed by atoms with Crippen LogP contribution in [0.4, 0.5) is 0 Å². The lowest BCUT2D eigenvalue weighted by atomic mass is 9.87. The molecule has 0 radical (unpaired) electrons. The van der Waals surface area contributed by atoms with Gasteiger partial charge in [-0.25, -0.2) is 0 Å². The molecule has 0 saturated heterocycles. The molecule has 0 heterocycles. The summed E-state index contributed by atoms with van der Waals surface area (Å²) in [5.41, 5.74) is 10.2. The zero-order valence-corrected chi connectivity index (χ0v) is 11.5. The highest BCUT2D eigenvalue weighted by Gasteiger charge is 2.22. The average molecular weight is 255 g/mol. The molecule has 0 spiro atoms. The maximum Gasteiger partial charge on any atom is 0.0873 e. The Balaban J connectivity index is 2.35. The van der Waals surface area contributed by atoms with E-state index in [0.717, 1.165) is 16.7 Å². The smallest absolute Gasteiger partial charge is 0.0873 e. The first kappa shape index (κ1) is 13.8. The summed E-state index contributed by atoms with van der Waals surface area (Å²) < 4.78 is 0. The molecule has 19 heavy (non-hydrogen) atoms. The SMILES string of the molecule is Cc1cccc(C(CN)C(O)c2ccccc2C)c1. The molecular formula is C17H21NO. The number of benzene rings is 2. The van der Waals surface area contributed by atoms with Gasteiger partial charge in [0.1, 0.15) is 0 Å². The van der Waals surface area contributed by atoms with E-state index in [2.05, 4.69) is 19.1 Å². The van der Waals surface area contributed by atoms with Gasteiger partial charge in [-0.1, -0.05) is 54.1 Å². The van der Waals surface area contributed by atoms with Crippen LogP contribution in [0.3, 0.4) is 0 Å². The molecule has 100 valence electrons. The summed E-state index contributed by atoms with van der Waals surface area (Å²) in [7, 11) is 0. The first-order valence-corrected chi connectivity index (χ1v) is 6.63. The third-order valence-corrected chi connectivity index (χ3v) is 3.61. The maximum absolute atomic E-state index is 10.6. The molecule has 0 fully saturated rings. The van der Waals surface area contributed by atoms with Crippen molar-refractivity contribution in [2.75, 3.05) is 6.54 Å². The minimum Gasteiger partial charge on any atom is -0.388 e. The Morgan fingerprint density at radius 1 is 1.05 bits per heavy atom. The van der Waals surface area contributed by atoms with E-state index in [-0.39, 0.29) is 5.92 Å².